The Labute approximate surface area is 175 Å². The zero-order valence-corrected chi connectivity index (χ0v) is 16.4. The van der Waals surface area contributed by atoms with Crippen LogP contribution in [-0.2, 0) is 19.5 Å². The number of halogens is 3. The molecule has 1 aliphatic heterocycles. The van der Waals surface area contributed by atoms with E-state index in [0.29, 0.717) is 36.8 Å². The number of nitrogens with zero attached hydrogens (tertiary/aromatic N) is 4. The summed E-state index contributed by atoms with van der Waals surface area (Å²) in [5.74, 6) is -0.0140. The predicted molar refractivity (Wildman–Crippen MR) is 105 cm³/mol. The van der Waals surface area contributed by atoms with Crippen molar-refractivity contribution in [1.82, 2.24) is 25.0 Å². The summed E-state index contributed by atoms with van der Waals surface area (Å²) in [6, 6.07) is 10.5. The Morgan fingerprint density at radius 3 is 2.80 bits per heavy atom. The predicted octanol–water partition coefficient (Wildman–Crippen LogP) is 4.69. The van der Waals surface area contributed by atoms with Crippen molar-refractivity contribution >= 4 is 11.6 Å². The van der Waals surface area contributed by atoms with Gasteiger partial charge in [0.15, 0.2) is 0 Å². The molecule has 1 N–H and O–H groups in total. The largest absolute Gasteiger partial charge is 0.347 e. The van der Waals surface area contributed by atoms with Crippen LogP contribution in [0.3, 0.4) is 0 Å². The van der Waals surface area contributed by atoms with Gasteiger partial charge in [0, 0.05) is 25.1 Å². The first-order valence-electron chi connectivity index (χ1n) is 9.35. The van der Waals surface area contributed by atoms with Crippen LogP contribution in [0.4, 0.5) is 8.78 Å². The van der Waals surface area contributed by atoms with Crippen LogP contribution in [0.2, 0.25) is 5.02 Å². The van der Waals surface area contributed by atoms with Crippen LogP contribution in [0.5, 0.6) is 0 Å². The minimum absolute atomic E-state index is 0.00406. The first-order chi connectivity index (χ1) is 14.6. The van der Waals surface area contributed by atoms with Gasteiger partial charge in [0.25, 0.3) is 0 Å². The molecule has 152 valence electrons. The van der Waals surface area contributed by atoms with Crippen molar-refractivity contribution in [2.45, 2.75) is 25.6 Å². The van der Waals surface area contributed by atoms with E-state index < -0.39 is 5.82 Å². The number of aromatic amines is 1. The molecule has 0 aliphatic carbocycles. The number of nitrogens with one attached hydrogen (secondary N) is 1. The summed E-state index contributed by atoms with van der Waals surface area (Å²) in [6.45, 7) is 1.18. The Hall–Kier alpha value is -3.10. The fourth-order valence-corrected chi connectivity index (χ4v) is 3.83. The summed E-state index contributed by atoms with van der Waals surface area (Å²) in [5.41, 5.74) is 3.51. The van der Waals surface area contributed by atoms with Gasteiger partial charge in [0.1, 0.15) is 11.6 Å². The normalized spacial score (nSPS) is 16.6. The number of hydrogen-bond donors (Lipinski definition) is 1. The van der Waals surface area contributed by atoms with Gasteiger partial charge in [-0.25, -0.2) is 13.8 Å². The molecule has 2 aromatic heterocycles. The third-order valence-electron chi connectivity index (χ3n) is 5.20. The highest BCUT2D eigenvalue weighted by Crippen LogP contribution is 2.33. The molecule has 0 radical (unpaired) electrons. The van der Waals surface area contributed by atoms with Crippen LogP contribution in [0.25, 0.3) is 11.4 Å². The molecule has 1 atom stereocenters. The van der Waals surface area contributed by atoms with E-state index >= 15 is 0 Å². The number of rotatable bonds is 4. The summed E-state index contributed by atoms with van der Waals surface area (Å²) in [4.78, 5) is 14.3. The maximum absolute atomic E-state index is 13.5. The van der Waals surface area contributed by atoms with Crippen LogP contribution >= 0.6 is 11.6 Å². The van der Waals surface area contributed by atoms with Crippen LogP contribution in [0.15, 0.2) is 53.3 Å². The smallest absolute Gasteiger partial charge is 0.244 e. The maximum atomic E-state index is 13.5. The lowest BCUT2D eigenvalue weighted by Gasteiger charge is -2.32. The van der Waals surface area contributed by atoms with Crippen molar-refractivity contribution in [3.63, 3.8) is 0 Å². The number of hydrogen-bond acceptors (Lipinski definition) is 5. The van der Waals surface area contributed by atoms with Crippen LogP contribution in [-0.4, -0.2) is 25.0 Å². The van der Waals surface area contributed by atoms with Crippen LogP contribution < -0.4 is 0 Å². The average Bonchev–Trinajstić information content (AvgIpc) is 3.40. The molecule has 0 saturated heterocycles. The van der Waals surface area contributed by atoms with E-state index in [1.54, 1.807) is 24.5 Å². The minimum atomic E-state index is -0.507. The van der Waals surface area contributed by atoms with Gasteiger partial charge >= 0.3 is 0 Å². The van der Waals surface area contributed by atoms with Crippen molar-refractivity contribution in [2.75, 3.05) is 0 Å². The molecule has 3 heterocycles. The van der Waals surface area contributed by atoms with E-state index in [4.69, 9.17) is 16.1 Å². The number of fused-ring (bicyclic) bond motifs is 1. The topological polar surface area (TPSA) is 70.8 Å². The zero-order chi connectivity index (χ0) is 20.7. The van der Waals surface area contributed by atoms with Gasteiger partial charge < -0.3 is 9.51 Å². The standard InChI is InChI=1S/C21H16ClF2N5O/c22-15-7-13(3-6-16(15)24)20-27-21(30-28-20)19-8-17-18(26-11-25-17)10-29(19)9-12-1-4-14(23)5-2-12/h1-7,11,19H,8-10H2,(H,25,26)/t19-/m0/s1. The van der Waals surface area contributed by atoms with Gasteiger partial charge in [-0.3, -0.25) is 4.90 Å². The molecule has 0 fully saturated rings. The molecule has 0 spiro atoms. The van der Waals surface area contributed by atoms with E-state index in [9.17, 15) is 8.78 Å². The van der Waals surface area contributed by atoms with Gasteiger partial charge in [0.05, 0.1) is 28.8 Å². The molecule has 6 nitrogen and oxygen atoms in total. The van der Waals surface area contributed by atoms with Crippen molar-refractivity contribution in [3.05, 3.63) is 88.3 Å². The number of H-pyrrole nitrogens is 1. The molecular weight excluding hydrogens is 412 g/mol. The molecular formula is C21H16ClF2N5O. The fraction of sp³-hybridized carbons (Fsp3) is 0.190. The van der Waals surface area contributed by atoms with Crippen molar-refractivity contribution < 1.29 is 13.3 Å². The Morgan fingerprint density at radius 2 is 2.00 bits per heavy atom. The first kappa shape index (κ1) is 18.9. The van der Waals surface area contributed by atoms with E-state index in [1.807, 2.05) is 0 Å². The summed E-state index contributed by atoms with van der Waals surface area (Å²) in [6.07, 6.45) is 2.26. The third-order valence-corrected chi connectivity index (χ3v) is 5.49. The van der Waals surface area contributed by atoms with Gasteiger partial charge in [-0.05, 0) is 35.9 Å². The summed E-state index contributed by atoms with van der Waals surface area (Å²) < 4.78 is 32.3. The number of benzene rings is 2. The maximum Gasteiger partial charge on any atom is 0.244 e. The molecule has 9 heteroatoms. The van der Waals surface area contributed by atoms with E-state index in [-0.39, 0.29) is 16.9 Å². The Balaban J connectivity index is 1.46. The summed E-state index contributed by atoms with van der Waals surface area (Å²) in [5, 5.41) is 4.05. The molecule has 0 unspecified atom stereocenters. The SMILES string of the molecule is Fc1ccc(CN2Cc3[nH]cnc3C[C@H]2c2nc(-c3ccc(F)c(Cl)c3)no2)cc1. The molecule has 30 heavy (non-hydrogen) atoms. The Morgan fingerprint density at radius 1 is 1.17 bits per heavy atom. The van der Waals surface area contributed by atoms with Crippen molar-refractivity contribution in [1.29, 1.82) is 0 Å². The minimum Gasteiger partial charge on any atom is -0.347 e. The number of imidazole rings is 1. The summed E-state index contributed by atoms with van der Waals surface area (Å²) in [7, 11) is 0. The van der Waals surface area contributed by atoms with E-state index in [2.05, 4.69) is 25.0 Å². The van der Waals surface area contributed by atoms with Gasteiger partial charge in [0.2, 0.25) is 11.7 Å². The molecule has 1 aliphatic rings. The Kier molecular flexibility index (Phi) is 4.80. The van der Waals surface area contributed by atoms with Gasteiger partial charge in [-0.1, -0.05) is 28.9 Å². The van der Waals surface area contributed by atoms with Gasteiger partial charge in [-0.2, -0.15) is 4.98 Å². The van der Waals surface area contributed by atoms with E-state index in [0.717, 1.165) is 17.0 Å². The lowest BCUT2D eigenvalue weighted by atomic mass is 10.0. The van der Waals surface area contributed by atoms with Crippen molar-refractivity contribution in [3.8, 4) is 11.4 Å². The molecule has 2 aromatic carbocycles. The fourth-order valence-electron chi connectivity index (χ4n) is 3.64. The molecule has 4 aromatic rings. The molecule has 0 bridgehead atoms. The highest BCUT2D eigenvalue weighted by molar-refractivity contribution is 6.31. The van der Waals surface area contributed by atoms with Crippen LogP contribution in [0, 0.1) is 11.6 Å². The lowest BCUT2D eigenvalue weighted by Crippen LogP contribution is -2.34. The highest BCUT2D eigenvalue weighted by atomic mass is 35.5. The van der Waals surface area contributed by atoms with Crippen LogP contribution in [0.1, 0.15) is 28.9 Å². The second-order valence-electron chi connectivity index (χ2n) is 7.16. The quantitative estimate of drug-likeness (QED) is 0.511. The monoisotopic (exact) mass is 427 g/mol. The average molecular weight is 428 g/mol. The second-order valence-corrected chi connectivity index (χ2v) is 7.57. The second kappa shape index (κ2) is 7.62. The molecule has 5 rings (SSSR count). The molecule has 0 saturated carbocycles. The Bertz CT molecular complexity index is 1190. The number of aromatic nitrogens is 4. The van der Waals surface area contributed by atoms with E-state index in [1.165, 1.54) is 24.3 Å². The summed E-state index contributed by atoms with van der Waals surface area (Å²) >= 11 is 5.88. The lowest BCUT2D eigenvalue weighted by molar-refractivity contribution is 0.128. The first-order valence-corrected chi connectivity index (χ1v) is 9.73. The third kappa shape index (κ3) is 3.59. The van der Waals surface area contributed by atoms with Gasteiger partial charge in [-0.15, -0.1) is 0 Å². The molecule has 0 amide bonds. The zero-order valence-electron chi connectivity index (χ0n) is 15.6. The van der Waals surface area contributed by atoms with Crippen molar-refractivity contribution in [2.24, 2.45) is 0 Å². The highest BCUT2D eigenvalue weighted by Gasteiger charge is 2.33.